The third-order valence-corrected chi connectivity index (χ3v) is 6.23. The summed E-state index contributed by atoms with van der Waals surface area (Å²) < 4.78 is 25.5. The average molecular weight is 578 g/mol. The molecule has 0 aliphatic carbocycles. The molecule has 2 aromatic carbocycles. The molecule has 12 nitrogen and oxygen atoms in total. The van der Waals surface area contributed by atoms with E-state index in [4.69, 9.17) is 31.3 Å². The molecule has 3 aromatic rings. The summed E-state index contributed by atoms with van der Waals surface area (Å²) in [4.78, 5) is 44.5. The number of likely N-dealkylation sites (N-methyl/N-ethyl adjacent to an activating group) is 1. The molecular formula is C26H29ClFN5O7. The zero-order valence-electron chi connectivity index (χ0n) is 22.1. The fraction of sp³-hybridized carbons (Fsp3) is 0.346. The van der Waals surface area contributed by atoms with Crippen LogP contribution in [0.5, 0.6) is 11.5 Å². The highest BCUT2D eigenvalue weighted by molar-refractivity contribution is 6.31. The summed E-state index contributed by atoms with van der Waals surface area (Å²) in [5.74, 6) is -1.83. The molecule has 1 aromatic heterocycles. The van der Waals surface area contributed by atoms with Gasteiger partial charge in [-0.3, -0.25) is 9.59 Å². The summed E-state index contributed by atoms with van der Waals surface area (Å²) >= 11 is 5.89. The van der Waals surface area contributed by atoms with Gasteiger partial charge in [0.1, 0.15) is 12.1 Å². The van der Waals surface area contributed by atoms with E-state index in [1.54, 1.807) is 29.2 Å². The average Bonchev–Trinajstić information content (AvgIpc) is 2.90. The van der Waals surface area contributed by atoms with E-state index in [1.165, 1.54) is 19.5 Å². The first kappa shape index (κ1) is 30.3. The maximum atomic E-state index is 14.4. The summed E-state index contributed by atoms with van der Waals surface area (Å²) in [5.41, 5.74) is 0.702. The Morgan fingerprint density at radius 3 is 2.45 bits per heavy atom. The summed E-state index contributed by atoms with van der Waals surface area (Å²) in [5, 5.41) is 19.3. The maximum absolute atomic E-state index is 14.4. The van der Waals surface area contributed by atoms with E-state index >= 15 is 0 Å². The van der Waals surface area contributed by atoms with Crippen LogP contribution >= 0.6 is 11.6 Å². The predicted octanol–water partition coefficient (Wildman–Crippen LogP) is 4.25. The van der Waals surface area contributed by atoms with Crippen LogP contribution in [-0.4, -0.2) is 87.8 Å². The van der Waals surface area contributed by atoms with Crippen LogP contribution < -0.4 is 14.8 Å². The number of benzene rings is 2. The Labute approximate surface area is 234 Å². The number of piperazine rings is 1. The van der Waals surface area contributed by atoms with Crippen molar-refractivity contribution >= 4 is 52.0 Å². The molecule has 2 heterocycles. The van der Waals surface area contributed by atoms with Crippen molar-refractivity contribution in [2.24, 2.45) is 0 Å². The van der Waals surface area contributed by atoms with Gasteiger partial charge in [0.2, 0.25) is 0 Å². The molecule has 0 spiro atoms. The Kier molecular flexibility index (Phi) is 10.4. The Hall–Kier alpha value is -4.23. The van der Waals surface area contributed by atoms with Crippen LogP contribution in [-0.2, 0) is 9.59 Å². The van der Waals surface area contributed by atoms with Gasteiger partial charge in [-0.15, -0.1) is 0 Å². The predicted molar refractivity (Wildman–Crippen MR) is 145 cm³/mol. The van der Waals surface area contributed by atoms with Crippen LogP contribution in [0.4, 0.5) is 20.7 Å². The second-order valence-electron chi connectivity index (χ2n) is 8.93. The Balaban J connectivity index is 0.000000482. The van der Waals surface area contributed by atoms with Gasteiger partial charge in [0.15, 0.2) is 17.3 Å². The van der Waals surface area contributed by atoms with Gasteiger partial charge in [-0.05, 0) is 32.2 Å². The first-order valence-corrected chi connectivity index (χ1v) is 12.5. The highest BCUT2D eigenvalue weighted by Crippen LogP contribution is 2.36. The number of carbonyl (C=O) groups is 3. The zero-order chi connectivity index (χ0) is 29.4. The van der Waals surface area contributed by atoms with Gasteiger partial charge >= 0.3 is 18.0 Å². The van der Waals surface area contributed by atoms with E-state index in [9.17, 15) is 18.8 Å². The van der Waals surface area contributed by atoms with Crippen molar-refractivity contribution in [3.8, 4) is 11.5 Å². The van der Waals surface area contributed by atoms with E-state index < -0.39 is 23.8 Å². The lowest BCUT2D eigenvalue weighted by atomic mass is 10.2. The third-order valence-electron chi connectivity index (χ3n) is 5.94. The van der Waals surface area contributed by atoms with Crippen molar-refractivity contribution in [3.63, 3.8) is 0 Å². The molecule has 1 saturated heterocycles. The Bertz CT molecular complexity index is 1380. The number of amides is 1. The number of nitrogens with one attached hydrogen (secondary N) is 1. The molecule has 1 unspecified atom stereocenters. The lowest BCUT2D eigenvalue weighted by molar-refractivity contribution is -0.143. The van der Waals surface area contributed by atoms with Gasteiger partial charge in [-0.2, -0.15) is 0 Å². The molecule has 1 amide bonds. The molecule has 0 saturated carbocycles. The molecule has 214 valence electrons. The molecule has 1 atom stereocenters. The van der Waals surface area contributed by atoms with Crippen molar-refractivity contribution in [1.82, 2.24) is 19.8 Å². The molecule has 1 aliphatic rings. The molecule has 1 fully saturated rings. The summed E-state index contributed by atoms with van der Waals surface area (Å²) in [6, 6.07) is 7.91. The molecule has 0 bridgehead atoms. The lowest BCUT2D eigenvalue weighted by Gasteiger charge is -2.37. The highest BCUT2D eigenvalue weighted by Gasteiger charge is 2.28. The molecule has 40 heavy (non-hydrogen) atoms. The second-order valence-corrected chi connectivity index (χ2v) is 9.34. The number of aromatic nitrogens is 2. The van der Waals surface area contributed by atoms with Gasteiger partial charge in [0.05, 0.1) is 36.2 Å². The minimum Gasteiger partial charge on any atom is -0.493 e. The summed E-state index contributed by atoms with van der Waals surface area (Å²) in [7, 11) is 3.50. The number of fused-ring (bicyclic) bond motifs is 1. The Morgan fingerprint density at radius 2 is 1.82 bits per heavy atom. The largest absolute Gasteiger partial charge is 0.493 e. The molecule has 4 rings (SSSR count). The van der Waals surface area contributed by atoms with Crippen LogP contribution in [0.2, 0.25) is 5.02 Å². The number of ether oxygens (including phenoxy) is 2. The fourth-order valence-electron chi connectivity index (χ4n) is 3.91. The minimum atomic E-state index is -1.08. The number of nitrogens with zero attached hydrogens (tertiary/aromatic N) is 4. The number of carboxylic acid groups (broad SMARTS) is 2. The number of carboxylic acids is 2. The van der Waals surface area contributed by atoms with Crippen molar-refractivity contribution in [3.05, 3.63) is 47.5 Å². The molecule has 14 heteroatoms. The number of hydrogen-bond acceptors (Lipinski definition) is 9. The number of halogens is 2. The topological polar surface area (TPSA) is 154 Å². The first-order valence-electron chi connectivity index (χ1n) is 12.1. The van der Waals surface area contributed by atoms with Crippen molar-refractivity contribution < 1.29 is 38.5 Å². The van der Waals surface area contributed by atoms with Crippen molar-refractivity contribution in [1.29, 1.82) is 0 Å². The molecule has 1 aliphatic heterocycles. The van der Waals surface area contributed by atoms with E-state index in [2.05, 4.69) is 20.2 Å². The smallest absolute Gasteiger partial charge is 0.415 e. The zero-order valence-corrected chi connectivity index (χ0v) is 22.8. The monoisotopic (exact) mass is 577 g/mol. The molecular weight excluding hydrogens is 549 g/mol. The number of hydrogen-bond donors (Lipinski definition) is 3. The van der Waals surface area contributed by atoms with Crippen LogP contribution in [0, 0.1) is 5.82 Å². The van der Waals surface area contributed by atoms with Crippen LogP contribution in [0.15, 0.2) is 36.7 Å². The van der Waals surface area contributed by atoms with E-state index in [0.29, 0.717) is 29.0 Å². The molecule has 3 N–H and O–H groups in total. The number of anilines is 2. The quantitative estimate of drug-likeness (QED) is 0.369. The SMILES string of the molecule is COc1cc2ncnc(Nc3cccc(Cl)c3F)c2cc1OC(=O)N1CCN(C)CC1C.O=C(O)CCC(=O)O. The summed E-state index contributed by atoms with van der Waals surface area (Å²) in [6.07, 6.45) is 0.296. The standard InChI is InChI=1S/C22H23ClFN5O3.C4H6O4/c1-13-11-28(2)7-8-29(13)22(30)32-19-9-14-17(10-18(19)31-3)25-12-26-21(14)27-16-6-4-5-15(23)20(16)24;5-3(6)1-2-4(7)8/h4-6,9-10,12-13H,7-8,11H2,1-3H3,(H,25,26,27);1-2H2,(H,5,6)(H,7,8). The molecule has 0 radical (unpaired) electrons. The maximum Gasteiger partial charge on any atom is 0.415 e. The highest BCUT2D eigenvalue weighted by atomic mass is 35.5. The normalized spacial score (nSPS) is 15.1. The van der Waals surface area contributed by atoms with E-state index in [-0.39, 0.29) is 35.3 Å². The van der Waals surface area contributed by atoms with Gasteiger partial charge < -0.3 is 34.8 Å². The number of rotatable bonds is 7. The third kappa shape index (κ3) is 7.90. The lowest BCUT2D eigenvalue weighted by Crippen LogP contribution is -2.53. The second kappa shape index (κ2) is 13.7. The number of carbonyl (C=O) groups excluding carboxylic acids is 1. The minimum absolute atomic E-state index is 0.00838. The van der Waals surface area contributed by atoms with E-state index in [1.807, 2.05) is 14.0 Å². The fourth-order valence-corrected chi connectivity index (χ4v) is 4.08. The van der Waals surface area contributed by atoms with E-state index in [0.717, 1.165) is 13.1 Å². The number of aliphatic carboxylic acids is 2. The first-order chi connectivity index (χ1) is 19.0. The van der Waals surface area contributed by atoms with Crippen LogP contribution in [0.1, 0.15) is 19.8 Å². The van der Waals surface area contributed by atoms with Gasteiger partial charge in [-0.1, -0.05) is 17.7 Å². The van der Waals surface area contributed by atoms with Crippen molar-refractivity contribution in [2.75, 3.05) is 39.1 Å². The Morgan fingerprint density at radius 1 is 1.12 bits per heavy atom. The van der Waals surface area contributed by atoms with Gasteiger partial charge in [0, 0.05) is 37.1 Å². The van der Waals surface area contributed by atoms with Gasteiger partial charge in [0.25, 0.3) is 0 Å². The van der Waals surface area contributed by atoms with Crippen LogP contribution in [0.3, 0.4) is 0 Å². The number of methoxy groups -OCH3 is 1. The van der Waals surface area contributed by atoms with Gasteiger partial charge in [-0.25, -0.2) is 19.2 Å². The summed E-state index contributed by atoms with van der Waals surface area (Å²) in [6.45, 7) is 4.07. The van der Waals surface area contributed by atoms with Crippen molar-refractivity contribution in [2.45, 2.75) is 25.8 Å². The van der Waals surface area contributed by atoms with Crippen LogP contribution in [0.25, 0.3) is 10.9 Å².